The van der Waals surface area contributed by atoms with Gasteiger partial charge in [-0.15, -0.1) is 0 Å². The number of rotatable bonds is 4. The Kier molecular flexibility index (Phi) is 4.58. The molecule has 0 aromatic carbocycles. The third kappa shape index (κ3) is 3.55. The Labute approximate surface area is 102 Å². The Hall–Kier alpha value is -0.850. The van der Waals surface area contributed by atoms with E-state index in [9.17, 15) is 4.79 Å². The first kappa shape index (κ1) is 12.6. The third-order valence-corrected chi connectivity index (χ3v) is 3.30. The fourth-order valence-corrected chi connectivity index (χ4v) is 2.13. The van der Waals surface area contributed by atoms with E-state index in [2.05, 4.69) is 4.90 Å². The van der Waals surface area contributed by atoms with Crippen molar-refractivity contribution in [2.75, 3.05) is 59.1 Å². The maximum atomic E-state index is 11.5. The third-order valence-electron chi connectivity index (χ3n) is 3.30. The normalized spacial score (nSPS) is 27.0. The molecule has 1 amide bonds. The van der Waals surface area contributed by atoms with Gasteiger partial charge in [-0.3, -0.25) is 4.90 Å². The first-order valence-corrected chi connectivity index (χ1v) is 6.21. The van der Waals surface area contributed by atoms with Crippen LogP contribution in [-0.4, -0.2) is 75.0 Å². The summed E-state index contributed by atoms with van der Waals surface area (Å²) in [6, 6.07) is 0. The zero-order chi connectivity index (χ0) is 12.1. The molecule has 98 valence electrons. The molecule has 0 radical (unpaired) electrons. The number of morpholine rings is 1. The van der Waals surface area contributed by atoms with Crippen LogP contribution in [-0.2, 0) is 9.47 Å². The lowest BCUT2D eigenvalue weighted by molar-refractivity contribution is 0.0199. The molecule has 0 saturated carbocycles. The summed E-state index contributed by atoms with van der Waals surface area (Å²) in [5, 5.41) is 0. The minimum Gasteiger partial charge on any atom is -0.449 e. The van der Waals surface area contributed by atoms with Crippen LogP contribution in [0.2, 0.25) is 0 Å². The van der Waals surface area contributed by atoms with Gasteiger partial charge in [-0.1, -0.05) is 0 Å². The van der Waals surface area contributed by atoms with E-state index in [1.807, 2.05) is 0 Å². The highest BCUT2D eigenvalue weighted by Crippen LogP contribution is 2.10. The molecule has 0 spiro atoms. The number of amides is 1. The molecule has 1 unspecified atom stereocenters. The number of carbonyl (C=O) groups is 1. The van der Waals surface area contributed by atoms with Gasteiger partial charge in [0.15, 0.2) is 0 Å². The van der Waals surface area contributed by atoms with E-state index in [-0.39, 0.29) is 12.0 Å². The number of hydrogen-bond acceptors (Lipinski definition) is 5. The standard InChI is InChI=1S/C11H21N3O3/c12-7-10-8-14(11(15)17-9-10)2-1-13-3-5-16-6-4-13/h10H,1-9,12H2. The second kappa shape index (κ2) is 6.18. The summed E-state index contributed by atoms with van der Waals surface area (Å²) in [6.45, 7) is 6.83. The molecule has 0 aromatic rings. The van der Waals surface area contributed by atoms with Crippen LogP contribution in [0, 0.1) is 5.92 Å². The minimum absolute atomic E-state index is 0.206. The summed E-state index contributed by atoms with van der Waals surface area (Å²) >= 11 is 0. The first-order chi connectivity index (χ1) is 8.29. The molecule has 1 atom stereocenters. The average molecular weight is 243 g/mol. The quantitative estimate of drug-likeness (QED) is 0.710. The summed E-state index contributed by atoms with van der Waals surface area (Å²) in [6.07, 6.45) is -0.206. The monoisotopic (exact) mass is 243 g/mol. The SMILES string of the molecule is NCC1COC(=O)N(CCN2CCOCC2)C1. The molecule has 17 heavy (non-hydrogen) atoms. The molecule has 2 rings (SSSR count). The lowest BCUT2D eigenvalue weighted by Gasteiger charge is -2.34. The van der Waals surface area contributed by atoms with Crippen molar-refractivity contribution in [1.82, 2.24) is 9.80 Å². The van der Waals surface area contributed by atoms with Crippen LogP contribution in [0.25, 0.3) is 0 Å². The van der Waals surface area contributed by atoms with Crippen LogP contribution in [0.5, 0.6) is 0 Å². The van der Waals surface area contributed by atoms with Crippen molar-refractivity contribution >= 4 is 6.09 Å². The highest BCUT2D eigenvalue weighted by molar-refractivity contribution is 5.68. The second-order valence-electron chi connectivity index (χ2n) is 4.58. The summed E-state index contributed by atoms with van der Waals surface area (Å²) < 4.78 is 10.4. The lowest BCUT2D eigenvalue weighted by atomic mass is 10.1. The van der Waals surface area contributed by atoms with Crippen LogP contribution in [0.3, 0.4) is 0 Å². The topological polar surface area (TPSA) is 68.0 Å². The van der Waals surface area contributed by atoms with Crippen molar-refractivity contribution in [1.29, 1.82) is 0 Å². The molecule has 2 aliphatic rings. The van der Waals surface area contributed by atoms with E-state index in [1.54, 1.807) is 4.90 Å². The van der Waals surface area contributed by atoms with Crippen molar-refractivity contribution in [3.05, 3.63) is 0 Å². The van der Waals surface area contributed by atoms with Gasteiger partial charge < -0.3 is 20.1 Å². The Morgan fingerprint density at radius 2 is 2.06 bits per heavy atom. The van der Waals surface area contributed by atoms with E-state index in [0.717, 1.165) is 45.9 Å². The number of ether oxygens (including phenoxy) is 2. The molecule has 2 fully saturated rings. The number of nitrogens with two attached hydrogens (primary N) is 1. The molecule has 2 aliphatic heterocycles. The van der Waals surface area contributed by atoms with Crippen molar-refractivity contribution in [3.63, 3.8) is 0 Å². The van der Waals surface area contributed by atoms with Crippen molar-refractivity contribution in [3.8, 4) is 0 Å². The first-order valence-electron chi connectivity index (χ1n) is 6.21. The van der Waals surface area contributed by atoms with Crippen LogP contribution < -0.4 is 5.73 Å². The highest BCUT2D eigenvalue weighted by atomic mass is 16.6. The Morgan fingerprint density at radius 1 is 1.29 bits per heavy atom. The van der Waals surface area contributed by atoms with Gasteiger partial charge in [0.05, 0.1) is 19.8 Å². The highest BCUT2D eigenvalue weighted by Gasteiger charge is 2.26. The average Bonchev–Trinajstić information content (AvgIpc) is 2.39. The van der Waals surface area contributed by atoms with E-state index >= 15 is 0 Å². The summed E-state index contributed by atoms with van der Waals surface area (Å²) in [4.78, 5) is 15.6. The molecule has 0 bridgehead atoms. The van der Waals surface area contributed by atoms with E-state index < -0.39 is 0 Å². The number of nitrogens with zero attached hydrogens (tertiary/aromatic N) is 2. The van der Waals surface area contributed by atoms with Gasteiger partial charge in [-0.25, -0.2) is 4.79 Å². The predicted molar refractivity (Wildman–Crippen MR) is 62.7 cm³/mol. The summed E-state index contributed by atoms with van der Waals surface area (Å²) in [5.74, 6) is 0.275. The summed E-state index contributed by atoms with van der Waals surface area (Å²) in [5.41, 5.74) is 5.60. The number of carbonyl (C=O) groups excluding carboxylic acids is 1. The van der Waals surface area contributed by atoms with E-state index in [1.165, 1.54) is 0 Å². The van der Waals surface area contributed by atoms with Gasteiger partial charge in [0.25, 0.3) is 0 Å². The largest absolute Gasteiger partial charge is 0.449 e. The van der Waals surface area contributed by atoms with Gasteiger partial charge in [-0.2, -0.15) is 0 Å². The van der Waals surface area contributed by atoms with E-state index in [0.29, 0.717) is 13.2 Å². The van der Waals surface area contributed by atoms with Crippen molar-refractivity contribution in [2.24, 2.45) is 11.7 Å². The lowest BCUT2D eigenvalue weighted by Crippen LogP contribution is -2.49. The smallest absolute Gasteiger partial charge is 0.409 e. The second-order valence-corrected chi connectivity index (χ2v) is 4.58. The molecule has 2 N–H and O–H groups in total. The molecule has 6 nitrogen and oxygen atoms in total. The maximum absolute atomic E-state index is 11.5. The van der Waals surface area contributed by atoms with Crippen LogP contribution in [0.1, 0.15) is 0 Å². The zero-order valence-electron chi connectivity index (χ0n) is 10.1. The fourth-order valence-electron chi connectivity index (χ4n) is 2.13. The maximum Gasteiger partial charge on any atom is 0.409 e. The predicted octanol–water partition coefficient (Wildman–Crippen LogP) is -0.654. The summed E-state index contributed by atoms with van der Waals surface area (Å²) in [7, 11) is 0. The van der Waals surface area contributed by atoms with Gasteiger partial charge >= 0.3 is 6.09 Å². The van der Waals surface area contributed by atoms with Gasteiger partial charge in [0, 0.05) is 45.2 Å². The Morgan fingerprint density at radius 3 is 2.76 bits per heavy atom. The molecular weight excluding hydrogens is 222 g/mol. The van der Waals surface area contributed by atoms with Crippen LogP contribution >= 0.6 is 0 Å². The van der Waals surface area contributed by atoms with Crippen LogP contribution in [0.4, 0.5) is 4.79 Å². The Balaban J connectivity index is 1.74. The molecular formula is C11H21N3O3. The Bertz CT molecular complexity index is 256. The van der Waals surface area contributed by atoms with Gasteiger partial charge in [0.1, 0.15) is 0 Å². The molecule has 2 heterocycles. The van der Waals surface area contributed by atoms with Crippen molar-refractivity contribution in [2.45, 2.75) is 0 Å². The van der Waals surface area contributed by atoms with Crippen molar-refractivity contribution < 1.29 is 14.3 Å². The van der Waals surface area contributed by atoms with Gasteiger partial charge in [-0.05, 0) is 0 Å². The van der Waals surface area contributed by atoms with Gasteiger partial charge in [0.2, 0.25) is 0 Å². The molecule has 6 heteroatoms. The minimum atomic E-state index is -0.206. The number of hydrogen-bond donors (Lipinski definition) is 1. The number of cyclic esters (lactones) is 1. The molecule has 2 saturated heterocycles. The molecule has 0 aromatic heterocycles. The molecule has 0 aliphatic carbocycles. The fraction of sp³-hybridized carbons (Fsp3) is 0.909. The zero-order valence-corrected chi connectivity index (χ0v) is 10.1. The van der Waals surface area contributed by atoms with Crippen LogP contribution in [0.15, 0.2) is 0 Å². The van der Waals surface area contributed by atoms with E-state index in [4.69, 9.17) is 15.2 Å².